The van der Waals surface area contributed by atoms with Crippen LogP contribution in [-0.4, -0.2) is 24.2 Å². The highest BCUT2D eigenvalue weighted by Crippen LogP contribution is 2.16. The van der Waals surface area contributed by atoms with Gasteiger partial charge in [0.05, 0.1) is 12.7 Å². The Bertz CT molecular complexity index is 511. The van der Waals surface area contributed by atoms with Crippen LogP contribution >= 0.6 is 15.9 Å². The molecule has 0 saturated carbocycles. The lowest BCUT2D eigenvalue weighted by molar-refractivity contribution is -0.139. The van der Waals surface area contributed by atoms with Crippen molar-refractivity contribution in [2.75, 3.05) is 7.11 Å². The highest BCUT2D eigenvalue weighted by atomic mass is 79.9. The van der Waals surface area contributed by atoms with E-state index in [1.54, 1.807) is 12.1 Å². The summed E-state index contributed by atoms with van der Waals surface area (Å²) in [4.78, 5) is 21.8. The number of rotatable bonds is 2. The predicted octanol–water partition coefficient (Wildman–Crippen LogP) is 2.06. The number of halogens is 1. The first kappa shape index (κ1) is 13.3. The molecular formula is C12H9BrO4. The predicted molar refractivity (Wildman–Crippen MR) is 64.6 cm³/mol. The highest BCUT2D eigenvalue weighted by Gasteiger charge is 2.08. The van der Waals surface area contributed by atoms with Gasteiger partial charge in [-0.15, -0.1) is 0 Å². The van der Waals surface area contributed by atoms with Crippen LogP contribution in [0.15, 0.2) is 22.7 Å². The van der Waals surface area contributed by atoms with Crippen molar-refractivity contribution in [3.63, 3.8) is 0 Å². The summed E-state index contributed by atoms with van der Waals surface area (Å²) in [6.45, 7) is 0. The topological polar surface area (TPSA) is 63.6 Å². The van der Waals surface area contributed by atoms with Crippen LogP contribution in [-0.2, 0) is 9.53 Å². The molecular weight excluding hydrogens is 288 g/mol. The number of carbonyl (C=O) groups is 2. The maximum atomic E-state index is 10.9. The largest absolute Gasteiger partial charge is 0.478 e. The van der Waals surface area contributed by atoms with Gasteiger partial charge in [-0.1, -0.05) is 27.8 Å². The van der Waals surface area contributed by atoms with E-state index in [-0.39, 0.29) is 12.0 Å². The maximum absolute atomic E-state index is 10.9. The summed E-state index contributed by atoms with van der Waals surface area (Å²) in [5.41, 5.74) is 0.460. The van der Waals surface area contributed by atoms with Gasteiger partial charge < -0.3 is 9.84 Å². The fourth-order valence-electron chi connectivity index (χ4n) is 1.09. The van der Waals surface area contributed by atoms with E-state index in [0.717, 1.165) is 0 Å². The molecule has 0 bridgehead atoms. The van der Waals surface area contributed by atoms with E-state index < -0.39 is 11.9 Å². The summed E-state index contributed by atoms with van der Waals surface area (Å²) in [6, 6.07) is 4.73. The van der Waals surface area contributed by atoms with Gasteiger partial charge in [0.1, 0.15) is 6.42 Å². The lowest BCUT2D eigenvalue weighted by Gasteiger charge is -1.99. The van der Waals surface area contributed by atoms with E-state index in [2.05, 4.69) is 32.5 Å². The first-order valence-corrected chi connectivity index (χ1v) is 5.42. The molecule has 5 heteroatoms. The van der Waals surface area contributed by atoms with Gasteiger partial charge in [0.15, 0.2) is 0 Å². The van der Waals surface area contributed by atoms with Crippen LogP contribution in [0.25, 0.3) is 0 Å². The Kier molecular flexibility index (Phi) is 4.73. The third-order valence-corrected chi connectivity index (χ3v) is 2.39. The molecule has 0 fully saturated rings. The second-order valence-corrected chi connectivity index (χ2v) is 3.97. The molecule has 1 rings (SSSR count). The summed E-state index contributed by atoms with van der Waals surface area (Å²) in [7, 11) is 1.27. The molecule has 0 aliphatic rings. The van der Waals surface area contributed by atoms with Crippen LogP contribution in [0.5, 0.6) is 0 Å². The van der Waals surface area contributed by atoms with Crippen molar-refractivity contribution in [3.8, 4) is 11.8 Å². The molecule has 0 unspecified atom stereocenters. The summed E-state index contributed by atoms with van der Waals surface area (Å²) in [5, 5.41) is 8.96. The van der Waals surface area contributed by atoms with E-state index in [1.165, 1.54) is 13.2 Å². The zero-order chi connectivity index (χ0) is 12.8. The fourth-order valence-corrected chi connectivity index (χ4v) is 1.45. The third-order valence-electron chi connectivity index (χ3n) is 1.90. The molecule has 0 radical (unpaired) electrons. The number of carboxylic acid groups (broad SMARTS) is 1. The zero-order valence-corrected chi connectivity index (χ0v) is 10.6. The van der Waals surface area contributed by atoms with Gasteiger partial charge in [-0.3, -0.25) is 4.79 Å². The monoisotopic (exact) mass is 296 g/mol. The Hall–Kier alpha value is -1.80. The number of ether oxygens (including phenoxy) is 1. The van der Waals surface area contributed by atoms with Crippen molar-refractivity contribution in [1.29, 1.82) is 0 Å². The standard InChI is InChI=1S/C12H9BrO4/c1-17-11(14)4-2-3-8-5-6-9(13)7-10(8)12(15)16/h5-7H,4H2,1H3,(H,15,16). The van der Waals surface area contributed by atoms with Gasteiger partial charge in [-0.2, -0.15) is 0 Å². The second-order valence-electron chi connectivity index (χ2n) is 3.05. The average molecular weight is 297 g/mol. The van der Waals surface area contributed by atoms with Gasteiger partial charge in [0, 0.05) is 10.0 Å². The van der Waals surface area contributed by atoms with Gasteiger partial charge in [0.2, 0.25) is 0 Å². The number of esters is 1. The number of carboxylic acids is 1. The number of carbonyl (C=O) groups excluding carboxylic acids is 1. The Labute approximate surface area is 107 Å². The summed E-state index contributed by atoms with van der Waals surface area (Å²) in [6.07, 6.45) is -0.0639. The SMILES string of the molecule is COC(=O)CC#Cc1ccc(Br)cc1C(=O)O. The maximum Gasteiger partial charge on any atom is 0.337 e. The average Bonchev–Trinajstić information content (AvgIpc) is 2.30. The molecule has 0 atom stereocenters. The molecule has 0 aromatic heterocycles. The molecule has 1 aromatic rings. The number of methoxy groups -OCH3 is 1. The third kappa shape index (κ3) is 3.93. The van der Waals surface area contributed by atoms with Crippen LogP contribution in [0, 0.1) is 11.8 Å². The van der Waals surface area contributed by atoms with Crippen molar-refractivity contribution in [3.05, 3.63) is 33.8 Å². The molecule has 0 heterocycles. The second kappa shape index (κ2) is 6.06. The molecule has 17 heavy (non-hydrogen) atoms. The van der Waals surface area contributed by atoms with Crippen molar-refractivity contribution in [2.45, 2.75) is 6.42 Å². The normalized spacial score (nSPS) is 9.06. The number of benzene rings is 1. The first-order chi connectivity index (χ1) is 8.04. The Morgan fingerprint density at radius 1 is 1.47 bits per heavy atom. The highest BCUT2D eigenvalue weighted by molar-refractivity contribution is 9.10. The molecule has 4 nitrogen and oxygen atoms in total. The molecule has 0 spiro atoms. The molecule has 1 aromatic carbocycles. The van der Waals surface area contributed by atoms with Gasteiger partial charge in [0.25, 0.3) is 0 Å². The number of hydrogen-bond acceptors (Lipinski definition) is 3. The smallest absolute Gasteiger partial charge is 0.337 e. The first-order valence-electron chi connectivity index (χ1n) is 4.63. The fraction of sp³-hybridized carbons (Fsp3) is 0.167. The number of aromatic carboxylic acids is 1. The van der Waals surface area contributed by atoms with E-state index >= 15 is 0 Å². The summed E-state index contributed by atoms with van der Waals surface area (Å²) < 4.78 is 5.08. The number of hydrogen-bond donors (Lipinski definition) is 1. The van der Waals surface area contributed by atoms with Crippen LogP contribution < -0.4 is 0 Å². The quantitative estimate of drug-likeness (QED) is 0.670. The van der Waals surface area contributed by atoms with Crippen molar-refractivity contribution >= 4 is 27.9 Å². The minimum atomic E-state index is -1.06. The summed E-state index contributed by atoms with van der Waals surface area (Å²) in [5.74, 6) is 3.68. The molecule has 0 saturated heterocycles. The van der Waals surface area contributed by atoms with E-state index in [4.69, 9.17) is 5.11 Å². The van der Waals surface area contributed by atoms with Gasteiger partial charge in [-0.25, -0.2) is 4.79 Å². The molecule has 1 N–H and O–H groups in total. The van der Waals surface area contributed by atoms with Gasteiger partial charge in [-0.05, 0) is 18.2 Å². The van der Waals surface area contributed by atoms with Crippen LogP contribution in [0.1, 0.15) is 22.3 Å². The molecule has 0 aliphatic carbocycles. The lowest BCUT2D eigenvalue weighted by atomic mass is 10.1. The van der Waals surface area contributed by atoms with E-state index in [0.29, 0.717) is 10.0 Å². The van der Waals surface area contributed by atoms with Gasteiger partial charge >= 0.3 is 11.9 Å². The van der Waals surface area contributed by atoms with Crippen LogP contribution in [0.2, 0.25) is 0 Å². The Morgan fingerprint density at radius 3 is 2.76 bits per heavy atom. The van der Waals surface area contributed by atoms with Crippen LogP contribution in [0.3, 0.4) is 0 Å². The minimum absolute atomic E-state index is 0.0639. The zero-order valence-electron chi connectivity index (χ0n) is 8.99. The van der Waals surface area contributed by atoms with E-state index in [9.17, 15) is 9.59 Å². The van der Waals surface area contributed by atoms with E-state index in [1.807, 2.05) is 0 Å². The Morgan fingerprint density at radius 2 is 2.18 bits per heavy atom. The van der Waals surface area contributed by atoms with Crippen molar-refractivity contribution in [1.82, 2.24) is 0 Å². The summed E-state index contributed by atoms with van der Waals surface area (Å²) >= 11 is 3.18. The molecule has 88 valence electrons. The Balaban J connectivity index is 2.98. The molecule has 0 amide bonds. The van der Waals surface area contributed by atoms with Crippen molar-refractivity contribution < 1.29 is 19.4 Å². The molecule has 0 aliphatic heterocycles. The van der Waals surface area contributed by atoms with Crippen LogP contribution in [0.4, 0.5) is 0 Å². The lowest BCUT2D eigenvalue weighted by Crippen LogP contribution is -2.00. The minimum Gasteiger partial charge on any atom is -0.478 e. The van der Waals surface area contributed by atoms with Crippen molar-refractivity contribution in [2.24, 2.45) is 0 Å².